The smallest absolute Gasteiger partial charge is 0.336 e. The van der Waals surface area contributed by atoms with E-state index in [1.807, 2.05) is 19.9 Å². The van der Waals surface area contributed by atoms with Crippen LogP contribution in [0.2, 0.25) is 0 Å². The molecule has 3 N–H and O–H groups in total. The zero-order chi connectivity index (χ0) is 15.6. The molecule has 1 aliphatic heterocycles. The third-order valence-corrected chi connectivity index (χ3v) is 4.29. The van der Waals surface area contributed by atoms with E-state index >= 15 is 0 Å². The van der Waals surface area contributed by atoms with Crippen molar-refractivity contribution in [3.05, 3.63) is 29.3 Å². The van der Waals surface area contributed by atoms with Crippen molar-refractivity contribution in [2.75, 3.05) is 11.4 Å². The molecule has 0 unspecified atom stereocenters. The summed E-state index contributed by atoms with van der Waals surface area (Å²) in [4.78, 5) is 25.6. The van der Waals surface area contributed by atoms with Gasteiger partial charge < -0.3 is 15.7 Å². The molecule has 0 spiro atoms. The summed E-state index contributed by atoms with van der Waals surface area (Å²) >= 11 is 0. The molecule has 0 saturated heterocycles. The fourth-order valence-corrected chi connectivity index (χ4v) is 2.73. The van der Waals surface area contributed by atoms with Crippen molar-refractivity contribution >= 4 is 17.6 Å². The molecule has 1 aromatic carbocycles. The van der Waals surface area contributed by atoms with Gasteiger partial charge in [0.25, 0.3) is 0 Å². The first-order valence-corrected chi connectivity index (χ1v) is 7.39. The Balaban J connectivity index is 2.37. The number of carbonyl (C=O) groups excluding carboxylic acids is 1. The summed E-state index contributed by atoms with van der Waals surface area (Å²) in [6.45, 7) is 4.56. The third kappa shape index (κ3) is 2.93. The van der Waals surface area contributed by atoms with Crippen LogP contribution in [0.3, 0.4) is 0 Å². The molecular weight excluding hydrogens is 268 g/mol. The summed E-state index contributed by atoms with van der Waals surface area (Å²) in [7, 11) is 0. The highest BCUT2D eigenvalue weighted by Gasteiger charge is 2.30. The van der Waals surface area contributed by atoms with Crippen LogP contribution in [0.15, 0.2) is 18.2 Å². The van der Waals surface area contributed by atoms with Gasteiger partial charge >= 0.3 is 5.97 Å². The molecule has 2 rings (SSSR count). The minimum atomic E-state index is -0.952. The number of anilines is 1. The molecule has 5 nitrogen and oxygen atoms in total. The second-order valence-electron chi connectivity index (χ2n) is 5.61. The van der Waals surface area contributed by atoms with Gasteiger partial charge in [-0.2, -0.15) is 0 Å². The molecule has 0 fully saturated rings. The summed E-state index contributed by atoms with van der Waals surface area (Å²) in [5, 5.41) is 9.27. The van der Waals surface area contributed by atoms with Gasteiger partial charge in [-0.25, -0.2) is 4.79 Å². The molecule has 0 aliphatic carbocycles. The molecule has 1 amide bonds. The molecule has 1 aromatic rings. The second kappa shape index (κ2) is 6.26. The van der Waals surface area contributed by atoms with E-state index < -0.39 is 12.0 Å². The minimum absolute atomic E-state index is 0.102. The van der Waals surface area contributed by atoms with Crippen molar-refractivity contribution in [1.29, 1.82) is 0 Å². The van der Waals surface area contributed by atoms with Crippen LogP contribution in [-0.2, 0) is 11.2 Å². The van der Waals surface area contributed by atoms with Crippen molar-refractivity contribution in [1.82, 2.24) is 0 Å². The predicted molar refractivity (Wildman–Crippen MR) is 81.5 cm³/mol. The fourth-order valence-electron chi connectivity index (χ4n) is 2.73. The van der Waals surface area contributed by atoms with Crippen molar-refractivity contribution in [2.45, 2.75) is 39.2 Å². The number of aromatic carboxylic acids is 1. The van der Waals surface area contributed by atoms with Crippen LogP contribution in [0.25, 0.3) is 0 Å². The standard InChI is InChI=1S/C16H22N2O3/c1-3-10(2)14(17)15(19)18-9-5-7-11-12(16(20)21)6-4-8-13(11)18/h4,6,8,10,14H,3,5,7,9,17H2,1-2H3,(H,20,21)/t10-,14-/m0/s1. The Morgan fingerprint density at radius 2 is 2.14 bits per heavy atom. The van der Waals surface area contributed by atoms with Crippen LogP contribution >= 0.6 is 0 Å². The average molecular weight is 290 g/mol. The maximum atomic E-state index is 12.6. The zero-order valence-electron chi connectivity index (χ0n) is 12.5. The lowest BCUT2D eigenvalue weighted by atomic mass is 9.93. The van der Waals surface area contributed by atoms with Crippen LogP contribution in [0.1, 0.15) is 42.6 Å². The Kier molecular flexibility index (Phi) is 4.63. The number of carboxylic acid groups (broad SMARTS) is 1. The van der Waals surface area contributed by atoms with Gasteiger partial charge in [-0.15, -0.1) is 0 Å². The van der Waals surface area contributed by atoms with E-state index in [1.165, 1.54) is 0 Å². The average Bonchev–Trinajstić information content (AvgIpc) is 2.51. The summed E-state index contributed by atoms with van der Waals surface area (Å²) in [6.07, 6.45) is 2.28. The summed E-state index contributed by atoms with van der Waals surface area (Å²) in [6, 6.07) is 4.53. The highest BCUT2D eigenvalue weighted by Crippen LogP contribution is 2.30. The number of amides is 1. The highest BCUT2D eigenvalue weighted by molar-refractivity contribution is 6.00. The van der Waals surface area contributed by atoms with E-state index in [0.717, 1.165) is 18.4 Å². The molecule has 1 aliphatic rings. The van der Waals surface area contributed by atoms with Gasteiger partial charge in [0.2, 0.25) is 5.91 Å². The van der Waals surface area contributed by atoms with Gasteiger partial charge in [0.05, 0.1) is 11.6 Å². The summed E-state index contributed by atoms with van der Waals surface area (Å²) < 4.78 is 0. The fraction of sp³-hybridized carbons (Fsp3) is 0.500. The Morgan fingerprint density at radius 1 is 1.43 bits per heavy atom. The van der Waals surface area contributed by atoms with Gasteiger partial charge in [-0.1, -0.05) is 26.3 Å². The monoisotopic (exact) mass is 290 g/mol. The SMILES string of the molecule is CC[C@H](C)[C@H](N)C(=O)N1CCCc2c(C(=O)O)cccc21. The van der Waals surface area contributed by atoms with E-state index in [9.17, 15) is 14.7 Å². The Bertz CT molecular complexity index is 556. The third-order valence-electron chi connectivity index (χ3n) is 4.29. The number of hydrogen-bond acceptors (Lipinski definition) is 3. The van der Waals surface area contributed by atoms with Crippen molar-refractivity contribution in [2.24, 2.45) is 11.7 Å². The van der Waals surface area contributed by atoms with E-state index in [-0.39, 0.29) is 17.4 Å². The molecule has 114 valence electrons. The van der Waals surface area contributed by atoms with Gasteiger partial charge in [0, 0.05) is 12.2 Å². The lowest BCUT2D eigenvalue weighted by Gasteiger charge is -2.33. The minimum Gasteiger partial charge on any atom is -0.478 e. The quantitative estimate of drug-likeness (QED) is 0.888. The van der Waals surface area contributed by atoms with Crippen molar-refractivity contribution in [3.63, 3.8) is 0 Å². The molecule has 0 saturated carbocycles. The van der Waals surface area contributed by atoms with Gasteiger partial charge in [0.15, 0.2) is 0 Å². The van der Waals surface area contributed by atoms with Crippen LogP contribution in [-0.4, -0.2) is 29.6 Å². The normalized spacial score (nSPS) is 17.0. The molecule has 0 radical (unpaired) electrons. The Labute approximate surface area is 124 Å². The van der Waals surface area contributed by atoms with Crippen molar-refractivity contribution in [3.8, 4) is 0 Å². The number of fused-ring (bicyclic) bond motifs is 1. The molecule has 0 bridgehead atoms. The van der Waals surface area contributed by atoms with Gasteiger partial charge in [-0.3, -0.25) is 4.79 Å². The lowest BCUT2D eigenvalue weighted by Crippen LogP contribution is -2.49. The lowest BCUT2D eigenvalue weighted by molar-refractivity contribution is -0.120. The van der Waals surface area contributed by atoms with Crippen LogP contribution in [0.4, 0.5) is 5.69 Å². The molecule has 5 heteroatoms. The Hall–Kier alpha value is -1.88. The molecule has 0 aromatic heterocycles. The van der Waals surface area contributed by atoms with E-state index in [2.05, 4.69) is 0 Å². The second-order valence-corrected chi connectivity index (χ2v) is 5.61. The first-order chi connectivity index (χ1) is 9.97. The number of nitrogens with zero attached hydrogens (tertiary/aromatic N) is 1. The maximum absolute atomic E-state index is 12.6. The van der Waals surface area contributed by atoms with Crippen LogP contribution < -0.4 is 10.6 Å². The molecular formula is C16H22N2O3. The van der Waals surface area contributed by atoms with Crippen LogP contribution in [0.5, 0.6) is 0 Å². The number of benzene rings is 1. The summed E-state index contributed by atoms with van der Waals surface area (Å²) in [5.41, 5.74) is 7.77. The molecule has 2 atom stereocenters. The molecule has 1 heterocycles. The first-order valence-electron chi connectivity index (χ1n) is 7.39. The number of hydrogen-bond donors (Lipinski definition) is 2. The van der Waals surface area contributed by atoms with Gasteiger partial charge in [0.1, 0.15) is 0 Å². The number of carboxylic acids is 1. The predicted octanol–water partition coefficient (Wildman–Crippen LogP) is 2.04. The zero-order valence-corrected chi connectivity index (χ0v) is 12.5. The van der Waals surface area contributed by atoms with Crippen molar-refractivity contribution < 1.29 is 14.7 Å². The number of rotatable bonds is 4. The van der Waals surface area contributed by atoms with E-state index in [0.29, 0.717) is 18.7 Å². The highest BCUT2D eigenvalue weighted by atomic mass is 16.4. The largest absolute Gasteiger partial charge is 0.478 e. The maximum Gasteiger partial charge on any atom is 0.336 e. The summed E-state index contributed by atoms with van der Waals surface area (Å²) in [5.74, 6) is -0.967. The van der Waals surface area contributed by atoms with E-state index in [4.69, 9.17) is 5.73 Å². The van der Waals surface area contributed by atoms with E-state index in [1.54, 1.807) is 17.0 Å². The van der Waals surface area contributed by atoms with Crippen LogP contribution in [0, 0.1) is 5.92 Å². The molecule has 21 heavy (non-hydrogen) atoms. The number of nitrogens with two attached hydrogens (primary N) is 1. The first kappa shape index (κ1) is 15.5. The van der Waals surface area contributed by atoms with Gasteiger partial charge in [-0.05, 0) is 36.5 Å². The number of carbonyl (C=O) groups is 2. The Morgan fingerprint density at radius 3 is 2.76 bits per heavy atom. The topological polar surface area (TPSA) is 83.6 Å².